The molecule has 0 radical (unpaired) electrons. The number of hydrogen-bond acceptors (Lipinski definition) is 4. The van der Waals surface area contributed by atoms with Gasteiger partial charge in [0.1, 0.15) is 0 Å². The van der Waals surface area contributed by atoms with Crippen molar-refractivity contribution in [2.45, 2.75) is 39.5 Å². The molecule has 1 fully saturated rings. The quantitative estimate of drug-likeness (QED) is 0.908. The fourth-order valence-corrected chi connectivity index (χ4v) is 2.93. The zero-order valence-electron chi connectivity index (χ0n) is 13.3. The van der Waals surface area contributed by atoms with Gasteiger partial charge in [-0.2, -0.15) is 8.78 Å². The highest BCUT2D eigenvalue weighted by atomic mass is 19.3. The Labute approximate surface area is 130 Å². The van der Waals surface area contributed by atoms with Crippen molar-refractivity contribution in [3.8, 4) is 11.5 Å². The lowest BCUT2D eigenvalue weighted by atomic mass is 9.79. The van der Waals surface area contributed by atoms with Crippen molar-refractivity contribution in [1.29, 1.82) is 0 Å². The summed E-state index contributed by atoms with van der Waals surface area (Å²) in [5.74, 6) is 0.443. The van der Waals surface area contributed by atoms with Crippen LogP contribution >= 0.6 is 0 Å². The lowest BCUT2D eigenvalue weighted by molar-refractivity contribution is -0.0523. The van der Waals surface area contributed by atoms with Gasteiger partial charge in [0.2, 0.25) is 0 Å². The van der Waals surface area contributed by atoms with Gasteiger partial charge >= 0.3 is 6.61 Å². The minimum atomic E-state index is -2.87. The fourth-order valence-electron chi connectivity index (χ4n) is 2.93. The van der Waals surface area contributed by atoms with Gasteiger partial charge < -0.3 is 15.2 Å². The van der Waals surface area contributed by atoms with Crippen LogP contribution in [0.1, 0.15) is 25.8 Å². The molecule has 6 heteroatoms. The van der Waals surface area contributed by atoms with E-state index in [2.05, 4.69) is 23.5 Å². The zero-order valence-corrected chi connectivity index (χ0v) is 13.3. The standard InChI is InChI=1S/C16H24F2N2O2/c1-16(2)10-20(8-7-13(16)19)9-11-5-4-6-12(21-3)14(11)22-15(17)18/h4-6,13,15H,7-10,19H2,1-3H3. The molecule has 0 spiro atoms. The van der Waals surface area contributed by atoms with Crippen molar-refractivity contribution in [1.82, 2.24) is 4.90 Å². The van der Waals surface area contributed by atoms with Crippen LogP contribution in [-0.4, -0.2) is 37.8 Å². The molecule has 1 aromatic carbocycles. The highest BCUT2D eigenvalue weighted by molar-refractivity contribution is 5.46. The van der Waals surface area contributed by atoms with E-state index in [9.17, 15) is 8.78 Å². The summed E-state index contributed by atoms with van der Waals surface area (Å²) in [6.07, 6.45) is 0.891. The number of rotatable bonds is 5. The third-order valence-electron chi connectivity index (χ3n) is 4.27. The molecule has 1 atom stereocenters. The van der Waals surface area contributed by atoms with Crippen LogP contribution in [0.5, 0.6) is 11.5 Å². The molecule has 1 unspecified atom stereocenters. The Morgan fingerprint density at radius 2 is 2.14 bits per heavy atom. The molecule has 0 amide bonds. The fraction of sp³-hybridized carbons (Fsp3) is 0.625. The first-order chi connectivity index (χ1) is 10.3. The summed E-state index contributed by atoms with van der Waals surface area (Å²) in [5.41, 5.74) is 6.84. The van der Waals surface area contributed by atoms with E-state index >= 15 is 0 Å². The molecule has 0 aromatic heterocycles. The maximum absolute atomic E-state index is 12.7. The molecule has 2 rings (SSSR count). The van der Waals surface area contributed by atoms with Gasteiger partial charge in [0.05, 0.1) is 7.11 Å². The summed E-state index contributed by atoms with van der Waals surface area (Å²) in [6.45, 7) is 3.59. The van der Waals surface area contributed by atoms with Gasteiger partial charge in [-0.25, -0.2) is 0 Å². The van der Waals surface area contributed by atoms with Crippen LogP contribution in [0.25, 0.3) is 0 Å². The zero-order chi connectivity index (χ0) is 16.3. The van der Waals surface area contributed by atoms with Crippen molar-refractivity contribution in [2.75, 3.05) is 20.2 Å². The summed E-state index contributed by atoms with van der Waals surface area (Å²) in [6, 6.07) is 5.36. The molecule has 1 aromatic rings. The highest BCUT2D eigenvalue weighted by Gasteiger charge is 2.33. The second-order valence-electron chi connectivity index (χ2n) is 6.42. The SMILES string of the molecule is COc1cccc(CN2CCC(N)C(C)(C)C2)c1OC(F)F. The number of methoxy groups -OCH3 is 1. The Hall–Kier alpha value is -1.40. The van der Waals surface area contributed by atoms with Gasteiger partial charge in [-0.3, -0.25) is 4.90 Å². The summed E-state index contributed by atoms with van der Waals surface area (Å²) in [5, 5.41) is 0. The Balaban J connectivity index is 2.19. The molecule has 4 nitrogen and oxygen atoms in total. The van der Waals surface area contributed by atoms with Crippen LogP contribution in [0.2, 0.25) is 0 Å². The van der Waals surface area contributed by atoms with Gasteiger partial charge in [-0.15, -0.1) is 0 Å². The lowest BCUT2D eigenvalue weighted by Crippen LogP contribution is -2.52. The Bertz CT molecular complexity index is 509. The van der Waals surface area contributed by atoms with E-state index in [1.54, 1.807) is 18.2 Å². The molecule has 124 valence electrons. The molecule has 1 aliphatic rings. The molecule has 0 saturated carbocycles. The summed E-state index contributed by atoms with van der Waals surface area (Å²) in [4.78, 5) is 2.22. The molecular weight excluding hydrogens is 290 g/mol. The summed E-state index contributed by atoms with van der Waals surface area (Å²) >= 11 is 0. The van der Waals surface area contributed by atoms with Crippen molar-refractivity contribution in [2.24, 2.45) is 11.1 Å². The Kier molecular flexibility index (Phi) is 5.24. The number of benzene rings is 1. The number of alkyl halides is 2. The largest absolute Gasteiger partial charge is 0.493 e. The van der Waals surface area contributed by atoms with Crippen molar-refractivity contribution in [3.63, 3.8) is 0 Å². The average molecular weight is 314 g/mol. The normalized spacial score (nSPS) is 21.9. The van der Waals surface area contributed by atoms with E-state index in [-0.39, 0.29) is 17.2 Å². The van der Waals surface area contributed by atoms with Crippen LogP contribution in [0.15, 0.2) is 18.2 Å². The highest BCUT2D eigenvalue weighted by Crippen LogP contribution is 2.35. The van der Waals surface area contributed by atoms with Crippen molar-refractivity contribution < 1.29 is 18.3 Å². The lowest BCUT2D eigenvalue weighted by Gasteiger charge is -2.42. The van der Waals surface area contributed by atoms with Gasteiger partial charge in [-0.1, -0.05) is 26.0 Å². The second kappa shape index (κ2) is 6.79. The van der Waals surface area contributed by atoms with Crippen molar-refractivity contribution in [3.05, 3.63) is 23.8 Å². The molecule has 22 heavy (non-hydrogen) atoms. The molecule has 1 heterocycles. The van der Waals surface area contributed by atoms with E-state index in [0.29, 0.717) is 17.9 Å². The number of ether oxygens (including phenoxy) is 2. The number of nitrogens with zero attached hydrogens (tertiary/aromatic N) is 1. The topological polar surface area (TPSA) is 47.7 Å². The van der Waals surface area contributed by atoms with Crippen molar-refractivity contribution >= 4 is 0 Å². The summed E-state index contributed by atoms with van der Waals surface area (Å²) in [7, 11) is 1.44. The molecule has 1 saturated heterocycles. The van der Waals surface area contributed by atoms with Crippen LogP contribution in [0.3, 0.4) is 0 Å². The number of piperidine rings is 1. The predicted molar refractivity (Wildman–Crippen MR) is 81.3 cm³/mol. The van der Waals surface area contributed by atoms with E-state index in [4.69, 9.17) is 10.5 Å². The van der Waals surface area contributed by atoms with Crippen LogP contribution in [-0.2, 0) is 6.54 Å². The van der Waals surface area contributed by atoms with E-state index in [1.807, 2.05) is 0 Å². The minimum Gasteiger partial charge on any atom is -0.493 e. The van der Waals surface area contributed by atoms with Crippen LogP contribution in [0, 0.1) is 5.41 Å². The molecule has 0 aliphatic carbocycles. The first kappa shape index (κ1) is 17.0. The number of hydrogen-bond donors (Lipinski definition) is 1. The first-order valence-electron chi connectivity index (χ1n) is 7.42. The second-order valence-corrected chi connectivity index (χ2v) is 6.42. The number of halogens is 2. The minimum absolute atomic E-state index is 0.000845. The van der Waals surface area contributed by atoms with E-state index in [0.717, 1.165) is 19.5 Å². The number of likely N-dealkylation sites (tertiary alicyclic amines) is 1. The molecule has 1 aliphatic heterocycles. The Morgan fingerprint density at radius 3 is 2.73 bits per heavy atom. The first-order valence-corrected chi connectivity index (χ1v) is 7.42. The van der Waals surface area contributed by atoms with Gasteiger partial charge in [0, 0.05) is 31.2 Å². The molecule has 2 N–H and O–H groups in total. The number of para-hydroxylation sites is 1. The van der Waals surface area contributed by atoms with Gasteiger partial charge in [-0.05, 0) is 17.9 Å². The van der Waals surface area contributed by atoms with Crippen LogP contribution < -0.4 is 15.2 Å². The smallest absolute Gasteiger partial charge is 0.387 e. The Morgan fingerprint density at radius 1 is 1.41 bits per heavy atom. The van der Waals surface area contributed by atoms with E-state index in [1.165, 1.54) is 7.11 Å². The average Bonchev–Trinajstić information content (AvgIpc) is 2.44. The third-order valence-corrected chi connectivity index (χ3v) is 4.27. The summed E-state index contributed by atoms with van der Waals surface area (Å²) < 4.78 is 35.1. The number of nitrogens with two attached hydrogens (primary N) is 1. The monoisotopic (exact) mass is 314 g/mol. The third kappa shape index (κ3) is 3.87. The van der Waals surface area contributed by atoms with Crippen LogP contribution in [0.4, 0.5) is 8.78 Å². The molecule has 0 bridgehead atoms. The molecular formula is C16H24F2N2O2. The maximum atomic E-state index is 12.7. The van der Waals surface area contributed by atoms with Gasteiger partial charge in [0.25, 0.3) is 0 Å². The van der Waals surface area contributed by atoms with E-state index < -0.39 is 6.61 Å². The van der Waals surface area contributed by atoms with Gasteiger partial charge in [0.15, 0.2) is 11.5 Å². The predicted octanol–water partition coefficient (Wildman–Crippen LogP) is 2.86. The maximum Gasteiger partial charge on any atom is 0.387 e.